The summed E-state index contributed by atoms with van der Waals surface area (Å²) in [4.78, 5) is 40.2. The van der Waals surface area contributed by atoms with Gasteiger partial charge in [0, 0.05) is 25.3 Å². The Kier molecular flexibility index (Phi) is 7.99. The molecule has 1 fully saturated rings. The maximum Gasteiger partial charge on any atom is 0.321 e. The second kappa shape index (κ2) is 11.6. The van der Waals surface area contributed by atoms with E-state index in [1.807, 2.05) is 6.07 Å². The van der Waals surface area contributed by atoms with Gasteiger partial charge in [0.05, 0.1) is 16.0 Å². The second-order valence-electron chi connectivity index (χ2n) is 10.1. The van der Waals surface area contributed by atoms with E-state index in [-0.39, 0.29) is 24.3 Å². The zero-order chi connectivity index (χ0) is 28.3. The van der Waals surface area contributed by atoms with Crippen LogP contribution in [-0.4, -0.2) is 61.9 Å². The number of nitrogens with zero attached hydrogens (tertiary/aromatic N) is 2. The predicted molar refractivity (Wildman–Crippen MR) is 150 cm³/mol. The monoisotopic (exact) mass is 561 g/mol. The topological polar surface area (TPSA) is 124 Å². The molecule has 0 spiro atoms. The summed E-state index contributed by atoms with van der Waals surface area (Å²) in [5.41, 5.74) is 2.88. The summed E-state index contributed by atoms with van der Waals surface area (Å²) in [6.07, 6.45) is 2.05. The van der Waals surface area contributed by atoms with Crippen molar-refractivity contribution >= 4 is 33.5 Å². The number of fused-ring (bicyclic) bond motifs is 1. The molecule has 10 heteroatoms. The number of carboxylic acid groups (broad SMARTS) is 1. The highest BCUT2D eigenvalue weighted by atomic mass is 32.2. The standard InChI is InChI=1S/C30H31N3O6S/c34-28-25-9-4-5-10-26(25)29(35)33(28)18-6-11-27(30(36)37)31-40(38,39)24-14-12-23(13-15-24)32-19-16-22(17-20-32)21-7-2-1-3-8-21/h1-5,7-10,12-15,22,27,31H,6,11,16-20H2,(H,36,37)/t27-/m1/s1. The second-order valence-corrected chi connectivity index (χ2v) is 11.8. The predicted octanol–water partition coefficient (Wildman–Crippen LogP) is 3.88. The molecular formula is C30H31N3O6S. The van der Waals surface area contributed by atoms with Crippen LogP contribution in [0.25, 0.3) is 0 Å². The molecule has 0 bridgehead atoms. The molecular weight excluding hydrogens is 530 g/mol. The summed E-state index contributed by atoms with van der Waals surface area (Å²) < 4.78 is 28.3. The molecule has 2 heterocycles. The summed E-state index contributed by atoms with van der Waals surface area (Å²) >= 11 is 0. The Morgan fingerprint density at radius 3 is 2.02 bits per heavy atom. The van der Waals surface area contributed by atoms with E-state index in [0.717, 1.165) is 36.5 Å². The van der Waals surface area contributed by atoms with E-state index in [4.69, 9.17) is 0 Å². The summed E-state index contributed by atoms with van der Waals surface area (Å²) in [6.45, 7) is 1.71. The van der Waals surface area contributed by atoms with Crippen molar-refractivity contribution in [1.29, 1.82) is 0 Å². The number of hydrogen-bond donors (Lipinski definition) is 2. The number of hydrogen-bond acceptors (Lipinski definition) is 6. The Morgan fingerprint density at radius 1 is 0.875 bits per heavy atom. The van der Waals surface area contributed by atoms with Gasteiger partial charge in [0.1, 0.15) is 6.04 Å². The SMILES string of the molecule is O=C(O)[C@@H](CCCN1C(=O)c2ccccc2C1=O)NS(=O)(=O)c1ccc(N2CCC(c3ccccc3)CC2)cc1. The first-order valence-corrected chi connectivity index (χ1v) is 14.8. The first-order valence-electron chi connectivity index (χ1n) is 13.3. The summed E-state index contributed by atoms with van der Waals surface area (Å²) in [7, 11) is -4.11. The normalized spacial score (nSPS) is 16.7. The minimum absolute atomic E-state index is 0.00643. The van der Waals surface area contributed by atoms with E-state index in [2.05, 4.69) is 33.9 Å². The molecule has 2 amide bonds. The lowest BCUT2D eigenvalue weighted by Crippen LogP contribution is -2.41. The van der Waals surface area contributed by atoms with E-state index < -0.39 is 33.8 Å². The molecule has 1 saturated heterocycles. The van der Waals surface area contributed by atoms with Crippen LogP contribution in [0.5, 0.6) is 0 Å². The number of carboxylic acids is 1. The lowest BCUT2D eigenvalue weighted by molar-refractivity contribution is -0.139. The average molecular weight is 562 g/mol. The van der Waals surface area contributed by atoms with Crippen LogP contribution in [0, 0.1) is 0 Å². The van der Waals surface area contributed by atoms with Crippen molar-refractivity contribution < 1.29 is 27.9 Å². The van der Waals surface area contributed by atoms with Crippen LogP contribution in [0.4, 0.5) is 5.69 Å². The van der Waals surface area contributed by atoms with Crippen molar-refractivity contribution in [2.24, 2.45) is 0 Å². The molecule has 208 valence electrons. The molecule has 1 atom stereocenters. The molecule has 3 aromatic carbocycles. The molecule has 3 aromatic rings. The molecule has 5 rings (SSSR count). The summed E-state index contributed by atoms with van der Waals surface area (Å²) in [5, 5.41) is 9.66. The number of piperidine rings is 1. The van der Waals surface area contributed by atoms with E-state index in [1.54, 1.807) is 36.4 Å². The zero-order valence-corrected chi connectivity index (χ0v) is 22.7. The molecule has 2 N–H and O–H groups in total. The minimum atomic E-state index is -4.11. The fourth-order valence-corrected chi connectivity index (χ4v) is 6.64. The summed E-state index contributed by atoms with van der Waals surface area (Å²) in [5.74, 6) is -1.69. The van der Waals surface area contributed by atoms with Crippen molar-refractivity contribution in [1.82, 2.24) is 9.62 Å². The average Bonchev–Trinajstić information content (AvgIpc) is 3.22. The Morgan fingerprint density at radius 2 is 1.45 bits per heavy atom. The molecule has 40 heavy (non-hydrogen) atoms. The number of anilines is 1. The Labute approximate surface area is 233 Å². The van der Waals surface area contributed by atoms with E-state index in [0.29, 0.717) is 17.0 Å². The van der Waals surface area contributed by atoms with Gasteiger partial charge in [-0.25, -0.2) is 8.42 Å². The van der Waals surface area contributed by atoms with Gasteiger partial charge in [-0.05, 0) is 73.6 Å². The highest BCUT2D eigenvalue weighted by Crippen LogP contribution is 2.31. The first-order chi connectivity index (χ1) is 19.2. The number of aliphatic carboxylic acids is 1. The van der Waals surface area contributed by atoms with Crippen LogP contribution in [0.2, 0.25) is 0 Å². The quantitative estimate of drug-likeness (QED) is 0.360. The number of carbonyl (C=O) groups is 3. The van der Waals surface area contributed by atoms with Gasteiger partial charge in [-0.15, -0.1) is 0 Å². The molecule has 9 nitrogen and oxygen atoms in total. The number of imide groups is 1. The van der Waals surface area contributed by atoms with Crippen molar-refractivity contribution in [3.05, 3.63) is 95.6 Å². The fourth-order valence-electron chi connectivity index (χ4n) is 5.42. The molecule has 2 aliphatic heterocycles. The Bertz CT molecular complexity index is 1460. The van der Waals surface area contributed by atoms with Crippen LogP contribution in [0.3, 0.4) is 0 Å². The molecule has 0 unspecified atom stereocenters. The molecule has 0 aliphatic carbocycles. The van der Waals surface area contributed by atoms with Gasteiger partial charge >= 0.3 is 5.97 Å². The van der Waals surface area contributed by atoms with E-state index in [1.165, 1.54) is 17.7 Å². The Hall–Kier alpha value is -4.02. The van der Waals surface area contributed by atoms with Gasteiger partial charge in [0.25, 0.3) is 11.8 Å². The van der Waals surface area contributed by atoms with Gasteiger partial charge in [0.15, 0.2) is 0 Å². The first kappa shape index (κ1) is 27.5. The van der Waals surface area contributed by atoms with Crippen LogP contribution < -0.4 is 9.62 Å². The number of amides is 2. The maximum absolute atomic E-state index is 13.0. The molecule has 2 aliphatic rings. The van der Waals surface area contributed by atoms with Crippen LogP contribution in [0.15, 0.2) is 83.8 Å². The maximum atomic E-state index is 13.0. The fraction of sp³-hybridized carbons (Fsp3) is 0.300. The van der Waals surface area contributed by atoms with Crippen molar-refractivity contribution in [2.75, 3.05) is 24.5 Å². The largest absolute Gasteiger partial charge is 0.480 e. The number of benzene rings is 3. The lowest BCUT2D eigenvalue weighted by Gasteiger charge is -2.34. The third-order valence-electron chi connectivity index (χ3n) is 7.63. The Balaban J connectivity index is 1.16. The van der Waals surface area contributed by atoms with Gasteiger partial charge in [-0.1, -0.05) is 42.5 Å². The summed E-state index contributed by atoms with van der Waals surface area (Å²) in [6, 6.07) is 22.0. The van der Waals surface area contributed by atoms with Crippen molar-refractivity contribution in [2.45, 2.75) is 42.5 Å². The van der Waals surface area contributed by atoms with Crippen LogP contribution in [0.1, 0.15) is 57.9 Å². The van der Waals surface area contributed by atoms with E-state index in [9.17, 15) is 27.9 Å². The van der Waals surface area contributed by atoms with Crippen molar-refractivity contribution in [3.8, 4) is 0 Å². The van der Waals surface area contributed by atoms with Crippen LogP contribution in [-0.2, 0) is 14.8 Å². The van der Waals surface area contributed by atoms with Gasteiger partial charge in [-0.2, -0.15) is 4.72 Å². The van der Waals surface area contributed by atoms with Gasteiger partial charge in [-0.3, -0.25) is 19.3 Å². The minimum Gasteiger partial charge on any atom is -0.480 e. The number of carbonyl (C=O) groups excluding carboxylic acids is 2. The highest BCUT2D eigenvalue weighted by molar-refractivity contribution is 7.89. The van der Waals surface area contributed by atoms with Gasteiger partial charge < -0.3 is 10.0 Å². The smallest absolute Gasteiger partial charge is 0.321 e. The van der Waals surface area contributed by atoms with Crippen LogP contribution >= 0.6 is 0 Å². The highest BCUT2D eigenvalue weighted by Gasteiger charge is 2.35. The number of rotatable bonds is 10. The number of sulfonamides is 1. The number of nitrogens with one attached hydrogen (secondary N) is 1. The van der Waals surface area contributed by atoms with Gasteiger partial charge in [0.2, 0.25) is 10.0 Å². The van der Waals surface area contributed by atoms with Crippen molar-refractivity contribution in [3.63, 3.8) is 0 Å². The third-order valence-corrected chi connectivity index (χ3v) is 9.11. The zero-order valence-electron chi connectivity index (χ0n) is 21.9. The molecule has 0 radical (unpaired) electrons. The lowest BCUT2D eigenvalue weighted by atomic mass is 9.89. The molecule has 0 saturated carbocycles. The van der Waals surface area contributed by atoms with E-state index >= 15 is 0 Å². The third kappa shape index (κ3) is 5.78. The molecule has 0 aromatic heterocycles.